The lowest BCUT2D eigenvalue weighted by Crippen LogP contribution is -2.18. The number of para-hydroxylation sites is 1. The molecule has 2 rings (SSSR count). The number of anilines is 1. The van der Waals surface area contributed by atoms with Gasteiger partial charge in [0, 0.05) is 41.5 Å². The molecule has 0 unspecified atom stereocenters. The van der Waals surface area contributed by atoms with E-state index < -0.39 is 9.84 Å². The second-order valence-corrected chi connectivity index (χ2v) is 11.6. The standard InChI is InChI=1S/C32H44N4O2S/c1-9-14-29(35-31(23(5)11-3)27-15-12-13-16-28(27)34-7)32(24(6)33)36-30(21-22(4)10-2)25-17-19-26(20-18-25)39(8,37)38/h12-21,34-35H,9-11,33H2,1-8H3/b22-21+,29-14+,31-23-,32-24+,36-30+. The van der Waals surface area contributed by atoms with Gasteiger partial charge in [-0.2, -0.15) is 0 Å². The van der Waals surface area contributed by atoms with Gasteiger partial charge in [0.25, 0.3) is 0 Å². The molecular formula is C32H44N4O2S. The molecule has 2 aromatic rings. The van der Waals surface area contributed by atoms with Gasteiger partial charge in [0.05, 0.1) is 16.3 Å². The van der Waals surface area contributed by atoms with Crippen molar-refractivity contribution < 1.29 is 8.42 Å². The summed E-state index contributed by atoms with van der Waals surface area (Å²) in [5.41, 5.74) is 15.5. The molecule has 210 valence electrons. The Morgan fingerprint density at radius 2 is 1.62 bits per heavy atom. The average Bonchev–Trinajstić information content (AvgIpc) is 2.92. The first-order valence-corrected chi connectivity index (χ1v) is 15.3. The van der Waals surface area contributed by atoms with Crippen LogP contribution in [0, 0.1) is 0 Å². The summed E-state index contributed by atoms with van der Waals surface area (Å²) in [5.74, 6) is 0. The highest BCUT2D eigenvalue weighted by Crippen LogP contribution is 2.28. The number of nitrogens with zero attached hydrogens (tertiary/aromatic N) is 1. The van der Waals surface area contributed by atoms with E-state index in [2.05, 4.69) is 63.5 Å². The van der Waals surface area contributed by atoms with Crippen LogP contribution in [0.25, 0.3) is 5.70 Å². The number of nitrogens with two attached hydrogens (primary N) is 1. The lowest BCUT2D eigenvalue weighted by Gasteiger charge is -2.21. The zero-order chi connectivity index (χ0) is 29.2. The second-order valence-electron chi connectivity index (χ2n) is 9.62. The fourth-order valence-corrected chi connectivity index (χ4v) is 4.55. The summed E-state index contributed by atoms with van der Waals surface area (Å²) in [6.07, 6.45) is 7.86. The van der Waals surface area contributed by atoms with Gasteiger partial charge in [-0.1, -0.05) is 62.8 Å². The minimum absolute atomic E-state index is 0.272. The summed E-state index contributed by atoms with van der Waals surface area (Å²) in [7, 11) is -1.38. The van der Waals surface area contributed by atoms with Gasteiger partial charge >= 0.3 is 0 Å². The van der Waals surface area contributed by atoms with Crippen molar-refractivity contribution in [1.82, 2.24) is 5.32 Å². The third-order valence-electron chi connectivity index (χ3n) is 6.47. The minimum atomic E-state index is -3.30. The van der Waals surface area contributed by atoms with Crippen molar-refractivity contribution in [2.24, 2.45) is 10.7 Å². The van der Waals surface area contributed by atoms with E-state index >= 15 is 0 Å². The number of aliphatic imine (C=N–C) groups is 1. The molecule has 0 aliphatic rings. The highest BCUT2D eigenvalue weighted by molar-refractivity contribution is 7.90. The summed E-state index contributed by atoms with van der Waals surface area (Å²) in [4.78, 5) is 5.37. The lowest BCUT2D eigenvalue weighted by atomic mass is 10.0. The third kappa shape index (κ3) is 8.72. The summed E-state index contributed by atoms with van der Waals surface area (Å²) in [6.45, 7) is 12.3. The van der Waals surface area contributed by atoms with Crippen molar-refractivity contribution in [1.29, 1.82) is 0 Å². The van der Waals surface area contributed by atoms with Crippen molar-refractivity contribution in [3.05, 3.63) is 100 Å². The Kier molecular flexibility index (Phi) is 11.8. The van der Waals surface area contributed by atoms with Crippen LogP contribution in [0.4, 0.5) is 5.69 Å². The minimum Gasteiger partial charge on any atom is -0.400 e. The topological polar surface area (TPSA) is 96.6 Å². The highest BCUT2D eigenvalue weighted by Gasteiger charge is 2.16. The van der Waals surface area contributed by atoms with Crippen LogP contribution in [0.15, 0.2) is 98.8 Å². The average molecular weight is 549 g/mol. The molecule has 0 bridgehead atoms. The SMILES string of the molecule is CC\C=C(N/C(=C(/C)CC)c1ccccc1NC)/C(/N=C(\C=C(/C)CC)c1ccc(S(C)(=O)=O)cc1)=C(/C)N. The van der Waals surface area contributed by atoms with Crippen molar-refractivity contribution in [2.45, 2.75) is 65.7 Å². The zero-order valence-corrected chi connectivity index (χ0v) is 25.5. The maximum Gasteiger partial charge on any atom is 0.175 e. The molecule has 0 heterocycles. The smallest absolute Gasteiger partial charge is 0.175 e. The molecule has 0 aliphatic carbocycles. The first-order chi connectivity index (χ1) is 18.5. The predicted molar refractivity (Wildman–Crippen MR) is 167 cm³/mol. The van der Waals surface area contributed by atoms with Gasteiger partial charge < -0.3 is 16.4 Å². The van der Waals surface area contributed by atoms with E-state index in [-0.39, 0.29) is 4.90 Å². The van der Waals surface area contributed by atoms with E-state index in [1.165, 1.54) is 11.8 Å². The van der Waals surface area contributed by atoms with Crippen LogP contribution < -0.4 is 16.4 Å². The number of nitrogens with one attached hydrogen (secondary N) is 2. The van der Waals surface area contributed by atoms with E-state index in [4.69, 9.17) is 10.7 Å². The van der Waals surface area contributed by atoms with E-state index in [0.29, 0.717) is 17.1 Å². The van der Waals surface area contributed by atoms with E-state index in [0.717, 1.165) is 53.0 Å². The van der Waals surface area contributed by atoms with Crippen LogP contribution in [0.2, 0.25) is 0 Å². The Morgan fingerprint density at radius 1 is 0.974 bits per heavy atom. The Balaban J connectivity index is 2.74. The maximum atomic E-state index is 12.0. The first-order valence-electron chi connectivity index (χ1n) is 13.4. The number of rotatable bonds is 12. The molecule has 7 heteroatoms. The molecule has 0 fully saturated rings. The van der Waals surface area contributed by atoms with Crippen molar-refractivity contribution >= 4 is 26.9 Å². The maximum absolute atomic E-state index is 12.0. The van der Waals surface area contributed by atoms with Crippen LogP contribution in [-0.2, 0) is 9.84 Å². The van der Waals surface area contributed by atoms with E-state index in [1.54, 1.807) is 24.3 Å². The van der Waals surface area contributed by atoms with E-state index in [9.17, 15) is 8.42 Å². The summed E-state index contributed by atoms with van der Waals surface area (Å²) >= 11 is 0. The molecule has 6 nitrogen and oxygen atoms in total. The fraction of sp³-hybridized carbons (Fsp3) is 0.344. The molecular weight excluding hydrogens is 504 g/mol. The molecule has 0 aromatic heterocycles. The molecule has 0 radical (unpaired) electrons. The third-order valence-corrected chi connectivity index (χ3v) is 7.60. The molecule has 0 saturated heterocycles. The fourth-order valence-electron chi connectivity index (χ4n) is 3.92. The van der Waals surface area contributed by atoms with Gasteiger partial charge in [0.2, 0.25) is 0 Å². The summed E-state index contributed by atoms with van der Waals surface area (Å²) in [6, 6.07) is 15.0. The normalized spacial score (nSPS) is 14.5. The van der Waals surface area contributed by atoms with Crippen LogP contribution in [0.1, 0.15) is 71.9 Å². The Bertz CT molecular complexity index is 1410. The number of sulfone groups is 1. The molecule has 4 N–H and O–H groups in total. The summed E-state index contributed by atoms with van der Waals surface area (Å²) < 4.78 is 24.0. The Morgan fingerprint density at radius 3 is 2.13 bits per heavy atom. The monoisotopic (exact) mass is 548 g/mol. The molecule has 2 aromatic carbocycles. The van der Waals surface area contributed by atoms with Gasteiger partial charge in [-0.25, -0.2) is 13.4 Å². The first kappa shape index (κ1) is 31.6. The number of allylic oxidation sites excluding steroid dienone is 5. The van der Waals surface area contributed by atoms with Crippen LogP contribution in [-0.4, -0.2) is 27.4 Å². The van der Waals surface area contributed by atoms with Gasteiger partial charge in [-0.05, 0) is 69.9 Å². The van der Waals surface area contributed by atoms with Crippen molar-refractivity contribution in [2.75, 3.05) is 18.6 Å². The highest BCUT2D eigenvalue weighted by atomic mass is 32.2. The Labute approximate surface area is 235 Å². The largest absolute Gasteiger partial charge is 0.400 e. The van der Waals surface area contributed by atoms with E-state index in [1.807, 2.05) is 32.2 Å². The number of benzene rings is 2. The molecule has 0 amide bonds. The molecule has 0 aliphatic heterocycles. The number of hydrogen-bond acceptors (Lipinski definition) is 6. The van der Waals surface area contributed by atoms with Crippen molar-refractivity contribution in [3.8, 4) is 0 Å². The van der Waals surface area contributed by atoms with Gasteiger partial charge in [-0.15, -0.1) is 0 Å². The van der Waals surface area contributed by atoms with Gasteiger partial charge in [0.1, 0.15) is 5.70 Å². The molecule has 39 heavy (non-hydrogen) atoms. The Hall–Kier alpha value is -3.58. The van der Waals surface area contributed by atoms with Crippen LogP contribution in [0.5, 0.6) is 0 Å². The van der Waals surface area contributed by atoms with Crippen LogP contribution in [0.3, 0.4) is 0 Å². The summed E-state index contributed by atoms with van der Waals surface area (Å²) in [5, 5.41) is 6.99. The van der Waals surface area contributed by atoms with Gasteiger partial charge in [0.15, 0.2) is 9.84 Å². The molecule has 0 atom stereocenters. The van der Waals surface area contributed by atoms with Gasteiger partial charge in [-0.3, -0.25) is 0 Å². The molecule has 0 spiro atoms. The zero-order valence-electron chi connectivity index (χ0n) is 24.6. The van der Waals surface area contributed by atoms with Crippen LogP contribution >= 0.6 is 0 Å². The quantitative estimate of drug-likeness (QED) is 0.193. The second kappa shape index (κ2) is 14.5. The molecule has 0 saturated carbocycles. The number of hydrogen-bond donors (Lipinski definition) is 3. The van der Waals surface area contributed by atoms with Crippen molar-refractivity contribution in [3.63, 3.8) is 0 Å². The lowest BCUT2D eigenvalue weighted by molar-refractivity contribution is 0.602. The predicted octanol–water partition coefficient (Wildman–Crippen LogP) is 7.19.